The Morgan fingerprint density at radius 2 is 1.86 bits per heavy atom. The first kappa shape index (κ1) is 23.9. The van der Waals surface area contributed by atoms with Crippen LogP contribution in [0, 0.1) is 6.92 Å². The first-order valence-electron chi connectivity index (χ1n) is 12.5. The Morgan fingerprint density at radius 1 is 1.08 bits per heavy atom. The summed E-state index contributed by atoms with van der Waals surface area (Å²) in [6.45, 7) is 2.72. The topological polar surface area (TPSA) is 88.4 Å². The third-order valence-electron chi connectivity index (χ3n) is 7.59. The largest absolute Gasteiger partial charge is 0.336 e. The first-order valence-corrected chi connectivity index (χ1v) is 12.5. The van der Waals surface area contributed by atoms with Crippen LogP contribution in [0.15, 0.2) is 61.2 Å². The van der Waals surface area contributed by atoms with Gasteiger partial charge in [-0.05, 0) is 55.0 Å². The van der Waals surface area contributed by atoms with E-state index in [2.05, 4.69) is 9.97 Å². The van der Waals surface area contributed by atoms with E-state index in [-0.39, 0.29) is 43.1 Å². The van der Waals surface area contributed by atoms with Gasteiger partial charge in [-0.2, -0.15) is 0 Å². The van der Waals surface area contributed by atoms with E-state index in [0.29, 0.717) is 6.54 Å². The third-order valence-corrected chi connectivity index (χ3v) is 7.59. The quantitative estimate of drug-likeness (QED) is 0.499. The number of imidazole rings is 1. The van der Waals surface area contributed by atoms with Crippen molar-refractivity contribution in [2.24, 2.45) is 7.05 Å². The number of hydrogen-bond donors (Lipinski definition) is 0. The molecule has 0 bridgehead atoms. The highest BCUT2D eigenvalue weighted by atomic mass is 16.2. The third kappa shape index (κ3) is 4.21. The summed E-state index contributed by atoms with van der Waals surface area (Å²) in [4.78, 5) is 53.1. The van der Waals surface area contributed by atoms with Crippen LogP contribution in [-0.4, -0.2) is 48.6 Å². The fraction of sp³-hybridized carbons (Fsp3) is 0.393. The molecule has 2 aliphatic rings. The molecule has 3 amide bonds. The van der Waals surface area contributed by atoms with Crippen molar-refractivity contribution >= 4 is 17.7 Å². The van der Waals surface area contributed by atoms with E-state index in [1.807, 2.05) is 53.9 Å². The molecule has 1 aromatic carbocycles. The van der Waals surface area contributed by atoms with Crippen molar-refractivity contribution in [1.29, 1.82) is 0 Å². The summed E-state index contributed by atoms with van der Waals surface area (Å²) in [5.74, 6) is 0.170. The van der Waals surface area contributed by atoms with Gasteiger partial charge in [-0.1, -0.05) is 24.3 Å². The number of aromatic nitrogens is 3. The molecule has 2 fully saturated rings. The van der Waals surface area contributed by atoms with E-state index in [1.54, 1.807) is 30.7 Å². The van der Waals surface area contributed by atoms with Gasteiger partial charge in [-0.3, -0.25) is 24.3 Å². The number of amides is 3. The van der Waals surface area contributed by atoms with Crippen LogP contribution in [0.2, 0.25) is 0 Å². The molecule has 2 atom stereocenters. The second-order valence-electron chi connectivity index (χ2n) is 9.89. The molecule has 186 valence electrons. The van der Waals surface area contributed by atoms with Crippen molar-refractivity contribution in [2.75, 3.05) is 6.54 Å². The summed E-state index contributed by atoms with van der Waals surface area (Å²) < 4.78 is 1.95. The van der Waals surface area contributed by atoms with Crippen molar-refractivity contribution in [2.45, 2.75) is 57.0 Å². The van der Waals surface area contributed by atoms with Crippen molar-refractivity contribution in [1.82, 2.24) is 24.3 Å². The average molecular weight is 486 g/mol. The van der Waals surface area contributed by atoms with Gasteiger partial charge in [-0.25, -0.2) is 4.98 Å². The monoisotopic (exact) mass is 485 g/mol. The summed E-state index contributed by atoms with van der Waals surface area (Å²) in [6.07, 6.45) is 9.61. The summed E-state index contributed by atoms with van der Waals surface area (Å²) in [7, 11) is 1.94. The van der Waals surface area contributed by atoms with Crippen LogP contribution in [0.3, 0.4) is 0 Å². The maximum absolute atomic E-state index is 14.1. The Kier molecular flexibility index (Phi) is 6.43. The molecule has 8 heteroatoms. The Bertz CT molecular complexity index is 1290. The van der Waals surface area contributed by atoms with Crippen molar-refractivity contribution in [3.63, 3.8) is 0 Å². The summed E-state index contributed by atoms with van der Waals surface area (Å²) >= 11 is 0. The van der Waals surface area contributed by atoms with E-state index in [9.17, 15) is 14.4 Å². The zero-order valence-electron chi connectivity index (χ0n) is 20.8. The van der Waals surface area contributed by atoms with Gasteiger partial charge in [0.1, 0.15) is 5.82 Å². The predicted molar refractivity (Wildman–Crippen MR) is 133 cm³/mol. The number of nitrogens with zero attached hydrogens (tertiary/aromatic N) is 5. The second kappa shape index (κ2) is 9.68. The zero-order chi connectivity index (χ0) is 25.3. The van der Waals surface area contributed by atoms with E-state index in [1.165, 1.54) is 4.90 Å². The smallest absolute Gasteiger partial charge is 0.241 e. The molecule has 0 aliphatic carbocycles. The van der Waals surface area contributed by atoms with Gasteiger partial charge in [0.25, 0.3) is 0 Å². The number of piperidine rings is 1. The van der Waals surface area contributed by atoms with Gasteiger partial charge >= 0.3 is 0 Å². The Morgan fingerprint density at radius 3 is 2.58 bits per heavy atom. The molecule has 0 N–H and O–H groups in total. The lowest BCUT2D eigenvalue weighted by atomic mass is 9.73. The molecular formula is C28H31N5O3. The molecule has 0 saturated carbocycles. The number of carbonyl (C=O) groups is 3. The maximum Gasteiger partial charge on any atom is 0.241 e. The van der Waals surface area contributed by atoms with E-state index < -0.39 is 5.41 Å². The maximum atomic E-state index is 14.1. The van der Waals surface area contributed by atoms with Crippen LogP contribution in [0.1, 0.15) is 60.7 Å². The highest BCUT2D eigenvalue weighted by Gasteiger charge is 2.55. The van der Waals surface area contributed by atoms with Crippen LogP contribution < -0.4 is 0 Å². The Hall–Kier alpha value is -3.81. The molecule has 0 spiro atoms. The first-order chi connectivity index (χ1) is 17.4. The molecule has 4 heterocycles. The van der Waals surface area contributed by atoms with Gasteiger partial charge in [0.05, 0.1) is 18.0 Å². The summed E-state index contributed by atoms with van der Waals surface area (Å²) in [6, 6.07) is 11.1. The molecule has 3 aromatic rings. The number of imide groups is 1. The average Bonchev–Trinajstić information content (AvgIpc) is 3.41. The lowest BCUT2D eigenvalue weighted by Crippen LogP contribution is -2.46. The summed E-state index contributed by atoms with van der Waals surface area (Å²) in [5.41, 5.74) is 1.25. The standard InChI is InChI=1S/C28H31N5O3/c1-20-7-3-4-8-22(20)28(18-25(35)33(27(28)36)19-21-10-12-29-13-11-21)17-24(34)32-15-6-5-9-23(32)26-30-14-16-31(26)2/h3-4,7-8,10-14,16,23H,5-6,9,15,17-19H2,1-2H3/t23-,28-/m1/s1. The summed E-state index contributed by atoms with van der Waals surface area (Å²) in [5, 5.41) is 0. The van der Waals surface area contributed by atoms with Crippen molar-refractivity contribution < 1.29 is 14.4 Å². The number of hydrogen-bond acceptors (Lipinski definition) is 5. The van der Waals surface area contributed by atoms with Gasteiger partial charge in [-0.15, -0.1) is 0 Å². The van der Waals surface area contributed by atoms with E-state index >= 15 is 0 Å². The predicted octanol–water partition coefficient (Wildman–Crippen LogP) is 3.46. The number of rotatable bonds is 6. The minimum absolute atomic E-state index is 0.0194. The molecule has 0 radical (unpaired) electrons. The molecular weight excluding hydrogens is 454 g/mol. The number of carbonyl (C=O) groups excluding carboxylic acids is 3. The van der Waals surface area contributed by atoms with Crippen LogP contribution in [0.4, 0.5) is 0 Å². The molecule has 2 saturated heterocycles. The van der Waals surface area contributed by atoms with Crippen LogP contribution in [0.5, 0.6) is 0 Å². The SMILES string of the molecule is Cc1ccccc1[C@@]1(CC(=O)N2CCCC[C@@H]2c2nccn2C)CC(=O)N(Cc2ccncc2)C1=O. The molecule has 0 unspecified atom stereocenters. The van der Waals surface area contributed by atoms with Gasteiger partial charge in [0.2, 0.25) is 17.7 Å². The second-order valence-corrected chi connectivity index (χ2v) is 9.89. The van der Waals surface area contributed by atoms with E-state index in [0.717, 1.165) is 41.8 Å². The van der Waals surface area contributed by atoms with Crippen molar-refractivity contribution in [3.05, 3.63) is 83.7 Å². The number of likely N-dealkylation sites (tertiary alicyclic amines) is 2. The number of aryl methyl sites for hydroxylation is 2. The fourth-order valence-corrected chi connectivity index (χ4v) is 5.74. The minimum Gasteiger partial charge on any atom is -0.336 e. The molecule has 5 rings (SSSR count). The van der Waals surface area contributed by atoms with Crippen molar-refractivity contribution in [3.8, 4) is 0 Å². The van der Waals surface area contributed by atoms with Crippen LogP contribution in [-0.2, 0) is 33.4 Å². The Balaban J connectivity index is 1.50. The highest BCUT2D eigenvalue weighted by molar-refractivity contribution is 6.10. The molecule has 2 aromatic heterocycles. The molecule has 36 heavy (non-hydrogen) atoms. The molecule has 8 nitrogen and oxygen atoms in total. The minimum atomic E-state index is -1.23. The normalized spacial score (nSPS) is 22.3. The number of pyridine rings is 1. The van der Waals surface area contributed by atoms with Gasteiger partial charge < -0.3 is 9.47 Å². The Labute approximate surface area is 211 Å². The molecule has 2 aliphatic heterocycles. The lowest BCUT2D eigenvalue weighted by Gasteiger charge is -2.38. The van der Waals surface area contributed by atoms with Gasteiger partial charge in [0.15, 0.2) is 0 Å². The van der Waals surface area contributed by atoms with E-state index in [4.69, 9.17) is 0 Å². The highest BCUT2D eigenvalue weighted by Crippen LogP contribution is 2.43. The van der Waals surface area contributed by atoms with Crippen LogP contribution >= 0.6 is 0 Å². The lowest BCUT2D eigenvalue weighted by molar-refractivity contribution is -0.144. The van der Waals surface area contributed by atoms with Gasteiger partial charge in [0, 0.05) is 51.2 Å². The number of benzene rings is 1. The fourth-order valence-electron chi connectivity index (χ4n) is 5.74. The van der Waals surface area contributed by atoms with Crippen LogP contribution in [0.25, 0.3) is 0 Å². The zero-order valence-corrected chi connectivity index (χ0v) is 20.8.